The van der Waals surface area contributed by atoms with Crippen molar-refractivity contribution in [1.82, 2.24) is 5.32 Å². The Bertz CT molecular complexity index is 734. The highest BCUT2D eigenvalue weighted by Crippen LogP contribution is 2.41. The number of amides is 1. The van der Waals surface area contributed by atoms with E-state index in [0.29, 0.717) is 0 Å². The van der Waals surface area contributed by atoms with Crippen LogP contribution in [0.3, 0.4) is 0 Å². The van der Waals surface area contributed by atoms with Gasteiger partial charge in [0.05, 0.1) is 26.9 Å². The zero-order chi connectivity index (χ0) is 24.3. The summed E-state index contributed by atoms with van der Waals surface area (Å²) < 4.78 is 31.4. The molecule has 1 amide bonds. The molecule has 0 aliphatic carbocycles. The van der Waals surface area contributed by atoms with Gasteiger partial charge >= 0.3 is 24.0 Å². The molecule has 0 bridgehead atoms. The van der Waals surface area contributed by atoms with Crippen molar-refractivity contribution in [3.05, 3.63) is 0 Å². The highest BCUT2D eigenvalue weighted by molar-refractivity contribution is 5.85. The van der Waals surface area contributed by atoms with Gasteiger partial charge in [-0.2, -0.15) is 0 Å². The number of ether oxygens (including phenoxy) is 6. The fourth-order valence-corrected chi connectivity index (χ4v) is 3.76. The predicted molar refractivity (Wildman–Crippen MR) is 105 cm³/mol. The van der Waals surface area contributed by atoms with E-state index in [1.165, 1.54) is 6.92 Å². The first-order valence-electron chi connectivity index (χ1n) is 10.1. The molecule has 2 fully saturated rings. The Kier molecular flexibility index (Phi) is 8.07. The Balaban J connectivity index is 2.26. The SMILES string of the molecule is COC(=O)[C@H](C[C@]1(C(=O)OC)C[C@H]2OC[C@@H](OC(C)=O)[C@@H](O)[C@H]2O1)NC(=O)OC(C)(C)C. The summed E-state index contributed by atoms with van der Waals surface area (Å²) >= 11 is 0. The lowest BCUT2D eigenvalue weighted by Gasteiger charge is -2.35. The van der Waals surface area contributed by atoms with Crippen LogP contribution < -0.4 is 5.32 Å². The summed E-state index contributed by atoms with van der Waals surface area (Å²) in [6.45, 7) is 6.05. The normalized spacial score (nSPS) is 30.5. The topological polar surface area (TPSA) is 156 Å². The largest absolute Gasteiger partial charge is 0.467 e. The minimum absolute atomic E-state index is 0.0717. The van der Waals surface area contributed by atoms with E-state index in [0.717, 1.165) is 14.2 Å². The molecule has 2 aliphatic heterocycles. The molecule has 2 N–H and O–H groups in total. The van der Waals surface area contributed by atoms with Crippen molar-refractivity contribution in [2.24, 2.45) is 0 Å². The van der Waals surface area contributed by atoms with E-state index in [9.17, 15) is 24.3 Å². The molecule has 12 nitrogen and oxygen atoms in total. The molecular formula is C20H31NO11. The van der Waals surface area contributed by atoms with E-state index in [1.807, 2.05) is 0 Å². The highest BCUT2D eigenvalue weighted by Gasteiger charge is 2.59. The van der Waals surface area contributed by atoms with Gasteiger partial charge in [0.2, 0.25) is 0 Å². The van der Waals surface area contributed by atoms with Crippen LogP contribution in [0.2, 0.25) is 0 Å². The zero-order valence-electron chi connectivity index (χ0n) is 19.0. The molecule has 0 aromatic heterocycles. The maximum atomic E-state index is 12.7. The van der Waals surface area contributed by atoms with Crippen LogP contribution in [0.1, 0.15) is 40.5 Å². The van der Waals surface area contributed by atoms with Crippen molar-refractivity contribution in [1.29, 1.82) is 0 Å². The number of esters is 3. The van der Waals surface area contributed by atoms with Crippen LogP contribution in [-0.2, 0) is 42.8 Å². The number of nitrogens with one attached hydrogen (secondary N) is 1. The van der Waals surface area contributed by atoms with Crippen LogP contribution in [0.5, 0.6) is 0 Å². The van der Waals surface area contributed by atoms with Gasteiger partial charge < -0.3 is 38.8 Å². The Hall–Kier alpha value is -2.44. The first kappa shape index (κ1) is 25.8. The van der Waals surface area contributed by atoms with Gasteiger partial charge in [0.1, 0.15) is 23.9 Å². The molecule has 0 radical (unpaired) electrons. The molecular weight excluding hydrogens is 430 g/mol. The summed E-state index contributed by atoms with van der Waals surface area (Å²) in [6, 6.07) is -1.32. The maximum Gasteiger partial charge on any atom is 0.408 e. The van der Waals surface area contributed by atoms with Crippen LogP contribution in [0.15, 0.2) is 0 Å². The lowest BCUT2D eigenvalue weighted by molar-refractivity contribution is -0.209. The summed E-state index contributed by atoms with van der Waals surface area (Å²) in [7, 11) is 2.27. The second-order valence-electron chi connectivity index (χ2n) is 8.71. The van der Waals surface area contributed by atoms with Gasteiger partial charge in [0.25, 0.3) is 0 Å². The van der Waals surface area contributed by atoms with Gasteiger partial charge in [-0.1, -0.05) is 0 Å². The molecule has 0 aromatic carbocycles. The standard InChI is InChI=1S/C20H31NO11/c1-10(22)30-13-9-29-12-8-20(17(25)28-6,31-15(12)14(13)23)7-11(16(24)27-5)21-18(26)32-19(2,3)4/h11-15,23H,7-9H2,1-6H3,(H,21,26)/t11-,12+,13+,14+,15-,20+/m0/s1. The van der Waals surface area contributed by atoms with Crippen molar-refractivity contribution in [2.45, 2.75) is 82.2 Å². The molecule has 2 saturated heterocycles. The monoisotopic (exact) mass is 461 g/mol. The summed E-state index contributed by atoms with van der Waals surface area (Å²) in [5, 5.41) is 13.0. The number of alkyl carbamates (subject to hydrolysis) is 1. The molecule has 2 heterocycles. The Labute approximate surface area is 185 Å². The Morgan fingerprint density at radius 2 is 1.84 bits per heavy atom. The highest BCUT2D eigenvalue weighted by atomic mass is 16.6. The second-order valence-corrected chi connectivity index (χ2v) is 8.71. The Morgan fingerprint density at radius 1 is 1.19 bits per heavy atom. The number of hydrogen-bond acceptors (Lipinski definition) is 11. The van der Waals surface area contributed by atoms with E-state index in [-0.39, 0.29) is 19.4 Å². The second kappa shape index (κ2) is 10.0. The number of fused-ring (bicyclic) bond motifs is 1. The molecule has 0 unspecified atom stereocenters. The summed E-state index contributed by atoms with van der Waals surface area (Å²) in [5.74, 6) is -2.27. The van der Waals surface area contributed by atoms with Crippen molar-refractivity contribution < 1.29 is 52.7 Å². The van der Waals surface area contributed by atoms with E-state index < -0.39 is 65.7 Å². The quantitative estimate of drug-likeness (QED) is 0.400. The molecule has 6 atom stereocenters. The fraction of sp³-hybridized carbons (Fsp3) is 0.800. The smallest absolute Gasteiger partial charge is 0.408 e. The number of rotatable bonds is 6. The van der Waals surface area contributed by atoms with Crippen LogP contribution >= 0.6 is 0 Å². The van der Waals surface area contributed by atoms with Gasteiger partial charge in [-0.25, -0.2) is 14.4 Å². The summed E-state index contributed by atoms with van der Waals surface area (Å²) in [5.41, 5.74) is -2.57. The third-order valence-corrected chi connectivity index (χ3v) is 5.04. The first-order chi connectivity index (χ1) is 14.8. The third kappa shape index (κ3) is 6.08. The summed E-state index contributed by atoms with van der Waals surface area (Å²) in [6.07, 6.45) is -5.37. The van der Waals surface area contributed by atoms with E-state index in [4.69, 9.17) is 28.4 Å². The number of aliphatic hydroxyl groups is 1. The first-order valence-corrected chi connectivity index (χ1v) is 10.1. The van der Waals surface area contributed by atoms with Crippen LogP contribution in [0.25, 0.3) is 0 Å². The molecule has 0 saturated carbocycles. The number of methoxy groups -OCH3 is 2. The molecule has 2 rings (SSSR count). The van der Waals surface area contributed by atoms with Crippen molar-refractivity contribution in [3.63, 3.8) is 0 Å². The Morgan fingerprint density at radius 3 is 2.38 bits per heavy atom. The lowest BCUT2D eigenvalue weighted by atomic mass is 9.89. The van der Waals surface area contributed by atoms with E-state index >= 15 is 0 Å². The predicted octanol–water partition coefficient (Wildman–Crippen LogP) is -0.165. The van der Waals surface area contributed by atoms with Crippen LogP contribution in [0, 0.1) is 0 Å². The van der Waals surface area contributed by atoms with Crippen molar-refractivity contribution >= 4 is 24.0 Å². The molecule has 12 heteroatoms. The van der Waals surface area contributed by atoms with Crippen LogP contribution in [-0.4, -0.2) is 91.6 Å². The molecule has 182 valence electrons. The molecule has 2 aliphatic rings. The van der Waals surface area contributed by atoms with Crippen molar-refractivity contribution in [2.75, 3.05) is 20.8 Å². The minimum Gasteiger partial charge on any atom is -0.467 e. The van der Waals surface area contributed by atoms with E-state index in [1.54, 1.807) is 20.8 Å². The van der Waals surface area contributed by atoms with Crippen LogP contribution in [0.4, 0.5) is 4.79 Å². The number of hydrogen-bond donors (Lipinski definition) is 2. The summed E-state index contributed by atoms with van der Waals surface area (Å²) in [4.78, 5) is 48.6. The number of carbonyl (C=O) groups excluding carboxylic acids is 4. The van der Waals surface area contributed by atoms with Gasteiger partial charge in [0.15, 0.2) is 11.7 Å². The van der Waals surface area contributed by atoms with Gasteiger partial charge in [0, 0.05) is 19.8 Å². The molecule has 0 spiro atoms. The number of carbonyl (C=O) groups is 4. The fourth-order valence-electron chi connectivity index (χ4n) is 3.76. The zero-order valence-corrected chi connectivity index (χ0v) is 19.0. The molecule has 0 aromatic rings. The van der Waals surface area contributed by atoms with Gasteiger partial charge in [-0.3, -0.25) is 4.79 Å². The van der Waals surface area contributed by atoms with E-state index in [2.05, 4.69) is 5.32 Å². The average Bonchev–Trinajstić information content (AvgIpc) is 3.07. The minimum atomic E-state index is -1.75. The lowest BCUT2D eigenvalue weighted by Crippen LogP contribution is -2.53. The third-order valence-electron chi connectivity index (χ3n) is 5.04. The number of aliphatic hydroxyl groups excluding tert-OH is 1. The van der Waals surface area contributed by atoms with Gasteiger partial charge in [-0.05, 0) is 20.8 Å². The average molecular weight is 461 g/mol. The van der Waals surface area contributed by atoms with Gasteiger partial charge in [-0.15, -0.1) is 0 Å². The maximum absolute atomic E-state index is 12.7. The molecule has 32 heavy (non-hydrogen) atoms. The van der Waals surface area contributed by atoms with Crippen molar-refractivity contribution in [3.8, 4) is 0 Å².